The number of hydrogen-bond donors (Lipinski definition) is 5. The molecule has 6 rings (SSSR count). The van der Waals surface area contributed by atoms with Crippen molar-refractivity contribution in [3.8, 4) is 0 Å². The van der Waals surface area contributed by atoms with E-state index in [-0.39, 0.29) is 78.7 Å². The van der Waals surface area contributed by atoms with Gasteiger partial charge in [-0.3, -0.25) is 43.4 Å². The number of anilines is 1. The average Bonchev–Trinajstić information content (AvgIpc) is 2.32. The summed E-state index contributed by atoms with van der Waals surface area (Å²) in [4.78, 5) is 128. The van der Waals surface area contributed by atoms with Crippen LogP contribution in [0.3, 0.4) is 0 Å². The molecule has 0 spiro atoms. The highest BCUT2D eigenvalue weighted by molar-refractivity contribution is 6.12. The Morgan fingerprint density at radius 2 is 1.46 bits per heavy atom. The van der Waals surface area contributed by atoms with Crippen molar-refractivity contribution >= 4 is 59.2 Å². The first-order valence-electron chi connectivity index (χ1n) is 30.2. The number of imide groups is 1. The molecule has 3 fully saturated rings. The molecule has 0 radical (unpaired) electrons. The molecule has 4 aliphatic rings. The second kappa shape index (κ2) is 30.8. The molecule has 0 aromatic heterocycles. The number of amides is 10. The molecule has 3 heterocycles. The molecule has 11 atom stereocenters. The summed E-state index contributed by atoms with van der Waals surface area (Å²) in [7, 11) is 4.73. The van der Waals surface area contributed by atoms with Gasteiger partial charge in [0.15, 0.2) is 0 Å². The molecule has 1 saturated carbocycles. The average molecular weight is 1170 g/mol. The number of likely N-dealkylation sites (tertiary alicyclic amines) is 2. The van der Waals surface area contributed by atoms with Crippen LogP contribution < -0.4 is 26.6 Å². The number of fused-ring (bicyclic) bond motifs is 2. The number of piperidine rings is 1. The van der Waals surface area contributed by atoms with Crippen LogP contribution in [0.1, 0.15) is 137 Å². The molecule has 462 valence electrons. The Balaban J connectivity index is 1.04. The van der Waals surface area contributed by atoms with Gasteiger partial charge in [-0.2, -0.15) is 0 Å². The summed E-state index contributed by atoms with van der Waals surface area (Å²) >= 11 is 0. The SMILES string of the molecule is CC[C@H](C)[C@@H]([C@@H](CC(=O)N1CCCC1[C@H](OC)[C@@H](C)C(=O)NC(Cc1ccccc1)C(=O)Nc1ccc(CNC(=O)NCCCCCCN2C(=O)C=CC2=O)cc1)OC)N(C)C(=O)C(NC(=O)[C@@H]1[C@H]2CC[C@H](C2)N1C(=O)OC(C)(C)C)C(C)C. The highest BCUT2D eigenvalue weighted by Crippen LogP contribution is 2.43. The lowest BCUT2D eigenvalue weighted by molar-refractivity contribution is -0.148. The molecule has 3 aliphatic heterocycles. The Morgan fingerprint density at radius 3 is 2.10 bits per heavy atom. The number of urea groups is 1. The maximum Gasteiger partial charge on any atom is 0.411 e. The smallest absolute Gasteiger partial charge is 0.411 e. The zero-order valence-electron chi connectivity index (χ0n) is 51.3. The number of ether oxygens (including phenoxy) is 3. The lowest BCUT2D eigenvalue weighted by Crippen LogP contribution is -2.61. The van der Waals surface area contributed by atoms with Gasteiger partial charge in [-0.1, -0.05) is 96.3 Å². The van der Waals surface area contributed by atoms with Gasteiger partial charge in [-0.05, 0) is 107 Å². The van der Waals surface area contributed by atoms with Crippen LogP contribution >= 0.6 is 0 Å². The van der Waals surface area contributed by atoms with Gasteiger partial charge in [0.2, 0.25) is 29.5 Å². The maximum atomic E-state index is 14.7. The topological polar surface area (TPSA) is 254 Å². The monoisotopic (exact) mass is 1170 g/mol. The van der Waals surface area contributed by atoms with Crippen LogP contribution in [-0.4, -0.2) is 168 Å². The third-order valence-corrected chi connectivity index (χ3v) is 17.0. The molecule has 21 heteroatoms. The van der Waals surface area contributed by atoms with Gasteiger partial charge >= 0.3 is 12.1 Å². The summed E-state index contributed by atoms with van der Waals surface area (Å²) in [6.45, 7) is 16.4. The van der Waals surface area contributed by atoms with E-state index in [1.807, 2.05) is 58.0 Å². The first kappa shape index (κ1) is 66.3. The van der Waals surface area contributed by atoms with E-state index in [4.69, 9.17) is 14.2 Å². The van der Waals surface area contributed by atoms with Crippen molar-refractivity contribution in [3.63, 3.8) is 0 Å². The minimum Gasteiger partial charge on any atom is -0.444 e. The molecule has 1 aliphatic carbocycles. The normalized spacial score (nSPS) is 20.9. The Morgan fingerprint density at radius 1 is 0.786 bits per heavy atom. The summed E-state index contributed by atoms with van der Waals surface area (Å²) in [6.07, 6.45) is 7.92. The second-order valence-electron chi connectivity index (χ2n) is 24.5. The molecule has 21 nitrogen and oxygen atoms in total. The Bertz CT molecular complexity index is 2610. The molecule has 2 aromatic carbocycles. The lowest BCUT2D eigenvalue weighted by Gasteiger charge is -2.41. The van der Waals surface area contributed by atoms with E-state index in [0.29, 0.717) is 57.4 Å². The van der Waals surface area contributed by atoms with Gasteiger partial charge < -0.3 is 50.6 Å². The number of unbranched alkanes of at least 4 members (excludes halogenated alkanes) is 3. The van der Waals surface area contributed by atoms with E-state index < -0.39 is 71.8 Å². The number of nitrogens with one attached hydrogen (secondary N) is 5. The van der Waals surface area contributed by atoms with Crippen molar-refractivity contribution in [1.29, 1.82) is 0 Å². The van der Waals surface area contributed by atoms with Crippen LogP contribution in [0, 0.1) is 23.7 Å². The van der Waals surface area contributed by atoms with E-state index in [2.05, 4.69) is 26.6 Å². The standard InChI is InChI=1S/C63H93N9O12/c1-12-40(4)54(69(9)60(79)53(39(2)3)68-59(78)55-44-26-29-46(36-44)72(55)62(81)84-63(6,7)8)49(82-10)37-52(75)70-34-20-23-48(70)56(83-11)41(5)57(76)67-47(35-42-21-16-15-17-22-42)58(77)66-45-27-24-43(25-28-45)38-65-61(80)64-32-18-13-14-19-33-71-50(73)30-31-51(71)74/h15-17,21-22,24-25,27-28,30-31,39-41,44,46-49,53-56H,12-14,18-20,23,26,29,32-38H2,1-11H3,(H,66,77)(H,67,76)(H,68,78)(H2,64,65,80)/t40-,41+,44-,46+,47?,48?,49+,53?,54-,55-,56+/m0/s1. The number of rotatable bonds is 29. The summed E-state index contributed by atoms with van der Waals surface area (Å²) in [6, 6.07) is 12.2. The second-order valence-corrected chi connectivity index (χ2v) is 24.5. The number of hydrogen-bond acceptors (Lipinski definition) is 12. The Hall–Kier alpha value is -6.87. The highest BCUT2D eigenvalue weighted by Gasteiger charge is 2.53. The van der Waals surface area contributed by atoms with Gasteiger partial charge in [-0.25, -0.2) is 9.59 Å². The molecule has 84 heavy (non-hydrogen) atoms. The summed E-state index contributed by atoms with van der Waals surface area (Å²) < 4.78 is 18.0. The number of benzene rings is 2. The number of nitrogens with zero attached hydrogens (tertiary/aromatic N) is 4. The van der Waals surface area contributed by atoms with E-state index >= 15 is 0 Å². The van der Waals surface area contributed by atoms with Crippen molar-refractivity contribution < 1.29 is 57.4 Å². The number of likely N-dealkylation sites (N-methyl/N-ethyl adjacent to an activating group) is 1. The third-order valence-electron chi connectivity index (χ3n) is 17.0. The van der Waals surface area contributed by atoms with Crippen molar-refractivity contribution in [2.45, 2.75) is 193 Å². The van der Waals surface area contributed by atoms with Crippen LogP contribution in [0.4, 0.5) is 15.3 Å². The Labute approximate surface area is 496 Å². The molecule has 2 bridgehead atoms. The zero-order valence-corrected chi connectivity index (χ0v) is 51.3. The van der Waals surface area contributed by atoms with Crippen molar-refractivity contribution in [1.82, 2.24) is 40.9 Å². The fourth-order valence-corrected chi connectivity index (χ4v) is 12.3. The van der Waals surface area contributed by atoms with Crippen LogP contribution in [0.5, 0.6) is 0 Å². The molecule has 2 aromatic rings. The lowest BCUT2D eigenvalue weighted by atomic mass is 9.89. The minimum absolute atomic E-state index is 0.0429. The van der Waals surface area contributed by atoms with E-state index in [1.165, 1.54) is 31.3 Å². The number of carbonyl (C=O) groups is 9. The van der Waals surface area contributed by atoms with E-state index in [0.717, 1.165) is 43.2 Å². The maximum absolute atomic E-state index is 14.7. The van der Waals surface area contributed by atoms with Crippen LogP contribution in [-0.2, 0) is 60.7 Å². The van der Waals surface area contributed by atoms with Gasteiger partial charge in [0, 0.05) is 77.7 Å². The van der Waals surface area contributed by atoms with E-state index in [9.17, 15) is 43.2 Å². The van der Waals surface area contributed by atoms with Gasteiger partial charge in [0.25, 0.3) is 11.8 Å². The van der Waals surface area contributed by atoms with Gasteiger partial charge in [0.05, 0.1) is 36.6 Å². The molecular weight excluding hydrogens is 1070 g/mol. The van der Waals surface area contributed by atoms with Crippen molar-refractivity contribution in [2.75, 3.05) is 46.2 Å². The largest absolute Gasteiger partial charge is 0.444 e. The molecule has 2 saturated heterocycles. The predicted octanol–water partition coefficient (Wildman–Crippen LogP) is 6.49. The predicted molar refractivity (Wildman–Crippen MR) is 318 cm³/mol. The van der Waals surface area contributed by atoms with Gasteiger partial charge in [0.1, 0.15) is 23.7 Å². The van der Waals surface area contributed by atoms with E-state index in [1.54, 1.807) is 73.7 Å². The van der Waals surface area contributed by atoms with Crippen LogP contribution in [0.2, 0.25) is 0 Å². The molecule has 5 N–H and O–H groups in total. The summed E-state index contributed by atoms with van der Waals surface area (Å²) in [5.74, 6) is -3.68. The van der Waals surface area contributed by atoms with Crippen molar-refractivity contribution in [2.24, 2.45) is 23.7 Å². The number of carbonyl (C=O) groups excluding carboxylic acids is 9. The van der Waals surface area contributed by atoms with Gasteiger partial charge in [-0.15, -0.1) is 0 Å². The fraction of sp³-hybridized carbons (Fsp3) is 0.635. The Kier molecular flexibility index (Phi) is 24.3. The summed E-state index contributed by atoms with van der Waals surface area (Å²) in [5, 5.41) is 14.7. The van der Waals surface area contributed by atoms with Crippen molar-refractivity contribution in [3.05, 3.63) is 77.9 Å². The fourth-order valence-electron chi connectivity index (χ4n) is 12.3. The molecular formula is C63H93N9O12. The first-order valence-corrected chi connectivity index (χ1v) is 30.2. The summed E-state index contributed by atoms with van der Waals surface area (Å²) in [5.41, 5.74) is 1.37. The zero-order chi connectivity index (χ0) is 61.4. The van der Waals surface area contributed by atoms with Crippen LogP contribution in [0.25, 0.3) is 0 Å². The third kappa shape index (κ3) is 17.6. The van der Waals surface area contributed by atoms with Crippen LogP contribution in [0.15, 0.2) is 66.7 Å². The minimum atomic E-state index is -0.991. The first-order chi connectivity index (χ1) is 40.0. The molecule has 10 amide bonds. The molecule has 3 unspecified atom stereocenters. The quantitative estimate of drug-likeness (QED) is 0.0433. The highest BCUT2D eigenvalue weighted by atomic mass is 16.6. The number of methoxy groups -OCH3 is 2.